The number of rotatable bonds is 6. The fraction of sp³-hybridized carbons (Fsp3) is 0.235. The minimum absolute atomic E-state index is 0.110. The summed E-state index contributed by atoms with van der Waals surface area (Å²) in [5, 5.41) is 3.37. The van der Waals surface area contributed by atoms with Crippen molar-refractivity contribution in [2.45, 2.75) is 11.8 Å². The van der Waals surface area contributed by atoms with Crippen molar-refractivity contribution in [2.75, 3.05) is 26.0 Å². The Labute approximate surface area is 162 Å². The van der Waals surface area contributed by atoms with Crippen LogP contribution in [-0.4, -0.2) is 39.3 Å². The number of likely N-dealkylation sites (N-methyl/N-ethyl adjacent to an activating group) is 1. The van der Waals surface area contributed by atoms with Gasteiger partial charge in [0.2, 0.25) is 15.9 Å². The topological polar surface area (TPSA) is 75.7 Å². The van der Waals surface area contributed by atoms with Crippen LogP contribution in [0.1, 0.15) is 5.56 Å². The van der Waals surface area contributed by atoms with E-state index in [9.17, 15) is 13.2 Å². The summed E-state index contributed by atoms with van der Waals surface area (Å²) in [6.45, 7) is 1.42. The van der Waals surface area contributed by atoms with Crippen LogP contribution in [-0.2, 0) is 14.8 Å². The summed E-state index contributed by atoms with van der Waals surface area (Å²) < 4.78 is 31.5. The normalized spacial score (nSPS) is 11.5. The van der Waals surface area contributed by atoms with Gasteiger partial charge in [0.25, 0.3) is 0 Å². The molecule has 2 aromatic rings. The number of sulfonamides is 1. The lowest BCUT2D eigenvalue weighted by molar-refractivity contribution is -0.116. The number of aryl methyl sites for hydroxylation is 1. The van der Waals surface area contributed by atoms with Crippen LogP contribution < -0.4 is 10.1 Å². The zero-order chi connectivity index (χ0) is 19.5. The lowest BCUT2D eigenvalue weighted by Gasteiger charge is -2.19. The highest BCUT2D eigenvalue weighted by Crippen LogP contribution is 2.29. The van der Waals surface area contributed by atoms with Crippen LogP contribution in [0.2, 0.25) is 10.0 Å². The summed E-state index contributed by atoms with van der Waals surface area (Å²) in [6.07, 6.45) is 0. The van der Waals surface area contributed by atoms with Crippen molar-refractivity contribution >= 4 is 44.8 Å². The van der Waals surface area contributed by atoms with Crippen LogP contribution in [0, 0.1) is 6.92 Å². The number of carbonyl (C=O) groups is 1. The van der Waals surface area contributed by atoms with Crippen LogP contribution in [0.3, 0.4) is 0 Å². The summed E-state index contributed by atoms with van der Waals surface area (Å²) >= 11 is 11.8. The first-order chi connectivity index (χ1) is 12.1. The van der Waals surface area contributed by atoms with Gasteiger partial charge in [-0.25, -0.2) is 8.42 Å². The van der Waals surface area contributed by atoms with Gasteiger partial charge in [0.15, 0.2) is 0 Å². The van der Waals surface area contributed by atoms with Crippen LogP contribution in [0.25, 0.3) is 0 Å². The van der Waals surface area contributed by atoms with Crippen molar-refractivity contribution in [1.82, 2.24) is 4.31 Å². The summed E-state index contributed by atoms with van der Waals surface area (Å²) in [5.74, 6) is -0.352. The second kappa shape index (κ2) is 8.26. The summed E-state index contributed by atoms with van der Waals surface area (Å²) in [4.78, 5) is 12.2. The first-order valence-corrected chi connectivity index (χ1v) is 9.70. The van der Waals surface area contributed by atoms with E-state index in [4.69, 9.17) is 27.9 Å². The van der Waals surface area contributed by atoms with Crippen molar-refractivity contribution in [1.29, 1.82) is 0 Å². The Bertz CT molecular complexity index is 932. The number of nitrogens with one attached hydrogen (secondary N) is 1. The third kappa shape index (κ3) is 4.67. The molecule has 1 N–H and O–H groups in total. The Morgan fingerprint density at radius 2 is 1.77 bits per heavy atom. The molecule has 0 atom stereocenters. The first kappa shape index (κ1) is 20.5. The zero-order valence-electron chi connectivity index (χ0n) is 14.4. The van der Waals surface area contributed by atoms with Crippen molar-refractivity contribution in [3.63, 3.8) is 0 Å². The van der Waals surface area contributed by atoms with Gasteiger partial charge in [0, 0.05) is 22.8 Å². The van der Waals surface area contributed by atoms with Gasteiger partial charge < -0.3 is 10.1 Å². The average molecular weight is 417 g/mol. The highest BCUT2D eigenvalue weighted by atomic mass is 35.5. The number of amides is 1. The molecule has 2 aromatic carbocycles. The van der Waals surface area contributed by atoms with E-state index in [0.717, 1.165) is 9.87 Å². The van der Waals surface area contributed by atoms with Crippen molar-refractivity contribution < 1.29 is 17.9 Å². The highest BCUT2D eigenvalue weighted by Gasteiger charge is 2.27. The molecule has 140 valence electrons. The SMILES string of the molecule is COc1ccc(Cl)cc1S(=O)(=O)N(C)CC(=O)Nc1cc(Cl)ccc1C. The van der Waals surface area contributed by atoms with Crippen molar-refractivity contribution in [3.8, 4) is 5.75 Å². The third-order valence-electron chi connectivity index (χ3n) is 3.65. The predicted octanol–water partition coefficient (Wildman–Crippen LogP) is 3.57. The molecule has 0 unspecified atom stereocenters. The van der Waals surface area contributed by atoms with E-state index in [1.54, 1.807) is 18.2 Å². The van der Waals surface area contributed by atoms with Gasteiger partial charge in [-0.05, 0) is 42.8 Å². The van der Waals surface area contributed by atoms with Crippen LogP contribution in [0.5, 0.6) is 5.75 Å². The molecule has 1 amide bonds. The molecule has 0 spiro atoms. The predicted molar refractivity (Wildman–Crippen MR) is 103 cm³/mol. The van der Waals surface area contributed by atoms with Crippen LogP contribution in [0.15, 0.2) is 41.3 Å². The molecule has 0 aromatic heterocycles. The maximum absolute atomic E-state index is 12.8. The minimum atomic E-state index is -3.97. The molecule has 0 aliphatic carbocycles. The van der Waals surface area contributed by atoms with Gasteiger partial charge in [-0.15, -0.1) is 0 Å². The molecule has 0 aliphatic heterocycles. The molecule has 9 heteroatoms. The number of ether oxygens (including phenoxy) is 1. The molecule has 6 nitrogen and oxygen atoms in total. The van der Waals surface area contributed by atoms with E-state index in [1.807, 2.05) is 6.92 Å². The van der Waals surface area contributed by atoms with E-state index < -0.39 is 15.9 Å². The Morgan fingerprint density at radius 1 is 1.15 bits per heavy atom. The largest absolute Gasteiger partial charge is 0.495 e. The zero-order valence-corrected chi connectivity index (χ0v) is 16.7. The summed E-state index contributed by atoms with van der Waals surface area (Å²) in [5.41, 5.74) is 1.33. The maximum atomic E-state index is 12.8. The van der Waals surface area contributed by atoms with E-state index in [-0.39, 0.29) is 22.2 Å². The molecule has 0 aliphatic rings. The van der Waals surface area contributed by atoms with Crippen LogP contribution >= 0.6 is 23.2 Å². The lowest BCUT2D eigenvalue weighted by Crippen LogP contribution is -2.35. The van der Waals surface area contributed by atoms with E-state index >= 15 is 0 Å². The molecule has 0 bridgehead atoms. The fourth-order valence-electron chi connectivity index (χ4n) is 2.23. The smallest absolute Gasteiger partial charge is 0.247 e. The lowest BCUT2D eigenvalue weighted by atomic mass is 10.2. The van der Waals surface area contributed by atoms with E-state index in [1.165, 1.54) is 32.4 Å². The quantitative estimate of drug-likeness (QED) is 0.780. The standard InChI is InChI=1S/C17H18Cl2N2O4S/c1-11-4-5-12(18)8-14(11)20-17(22)10-21(2)26(23,24)16-9-13(19)6-7-15(16)25-3/h4-9H,10H2,1-3H3,(H,20,22). The van der Waals surface area contributed by atoms with E-state index in [2.05, 4.69) is 5.32 Å². The molecular weight excluding hydrogens is 399 g/mol. The Balaban J connectivity index is 2.20. The van der Waals surface area contributed by atoms with Gasteiger partial charge >= 0.3 is 0 Å². The van der Waals surface area contributed by atoms with Gasteiger partial charge in [-0.1, -0.05) is 29.3 Å². The van der Waals surface area contributed by atoms with Crippen LogP contribution in [0.4, 0.5) is 5.69 Å². The Morgan fingerprint density at radius 3 is 2.42 bits per heavy atom. The summed E-state index contributed by atoms with van der Waals surface area (Å²) in [6, 6.07) is 9.32. The number of methoxy groups -OCH3 is 1. The Kier molecular flexibility index (Phi) is 6.52. The molecule has 0 radical (unpaired) electrons. The second-order valence-electron chi connectivity index (χ2n) is 5.56. The Hall–Kier alpha value is -1.80. The number of nitrogens with zero attached hydrogens (tertiary/aromatic N) is 1. The molecule has 2 rings (SSSR count). The maximum Gasteiger partial charge on any atom is 0.247 e. The van der Waals surface area contributed by atoms with Crippen molar-refractivity contribution in [3.05, 3.63) is 52.0 Å². The highest BCUT2D eigenvalue weighted by molar-refractivity contribution is 7.89. The first-order valence-electron chi connectivity index (χ1n) is 7.51. The fourth-order valence-corrected chi connectivity index (χ4v) is 3.94. The molecule has 0 heterocycles. The minimum Gasteiger partial charge on any atom is -0.495 e. The number of carbonyl (C=O) groups excluding carboxylic acids is 1. The van der Waals surface area contributed by atoms with Gasteiger partial charge in [-0.3, -0.25) is 4.79 Å². The van der Waals surface area contributed by atoms with Gasteiger partial charge in [-0.2, -0.15) is 4.31 Å². The number of benzene rings is 2. The van der Waals surface area contributed by atoms with Gasteiger partial charge in [0.05, 0.1) is 13.7 Å². The molecule has 0 saturated heterocycles. The molecule has 0 fully saturated rings. The summed E-state index contributed by atoms with van der Waals surface area (Å²) in [7, 11) is -1.31. The molecule has 26 heavy (non-hydrogen) atoms. The molecule has 0 saturated carbocycles. The number of hydrogen-bond acceptors (Lipinski definition) is 4. The second-order valence-corrected chi connectivity index (χ2v) is 8.45. The monoisotopic (exact) mass is 416 g/mol. The number of hydrogen-bond donors (Lipinski definition) is 1. The number of anilines is 1. The van der Waals surface area contributed by atoms with Gasteiger partial charge in [0.1, 0.15) is 10.6 Å². The van der Waals surface area contributed by atoms with E-state index in [0.29, 0.717) is 10.7 Å². The average Bonchev–Trinajstić information content (AvgIpc) is 2.58. The molecular formula is C17H18Cl2N2O4S. The third-order valence-corrected chi connectivity index (χ3v) is 5.95. The number of halogens is 2. The van der Waals surface area contributed by atoms with Crippen molar-refractivity contribution in [2.24, 2.45) is 0 Å².